The van der Waals surface area contributed by atoms with Gasteiger partial charge in [0, 0.05) is 39.8 Å². The van der Waals surface area contributed by atoms with Crippen LogP contribution in [0.3, 0.4) is 0 Å². The van der Waals surface area contributed by atoms with Crippen LogP contribution >= 0.6 is 0 Å². The Hall–Kier alpha value is -0.690. The van der Waals surface area contributed by atoms with Crippen LogP contribution in [0.25, 0.3) is 0 Å². The number of carbonyl (C=O) groups excluding carboxylic acids is 1. The minimum atomic E-state index is -0.295. The molecule has 3 heterocycles. The average molecular weight is 339 g/mol. The normalized spacial score (nSPS) is 26.5. The number of nitrogens with zero attached hydrogens (tertiary/aromatic N) is 2. The van der Waals surface area contributed by atoms with Crippen molar-refractivity contribution in [1.29, 1.82) is 0 Å². The summed E-state index contributed by atoms with van der Waals surface area (Å²) >= 11 is 0. The van der Waals surface area contributed by atoms with Crippen molar-refractivity contribution in [2.45, 2.75) is 25.7 Å². The van der Waals surface area contributed by atoms with Gasteiger partial charge in [0.2, 0.25) is 5.91 Å². The smallest absolute Gasteiger partial charge is 0.231 e. The predicted molar refractivity (Wildman–Crippen MR) is 93.0 cm³/mol. The van der Waals surface area contributed by atoms with Crippen molar-refractivity contribution in [3.8, 4) is 0 Å². The van der Waals surface area contributed by atoms with Crippen LogP contribution in [0.1, 0.15) is 25.7 Å². The first-order valence-corrected chi connectivity index (χ1v) is 9.53. The van der Waals surface area contributed by atoms with Gasteiger partial charge in [-0.05, 0) is 44.7 Å². The first-order valence-electron chi connectivity index (χ1n) is 9.53. The molecule has 0 unspecified atom stereocenters. The molecule has 0 spiro atoms. The SMILES string of the molecule is COCC1(C(=O)N2CCC(CN3CCOCC3)CC2)CCNCC1. The van der Waals surface area contributed by atoms with E-state index in [1.54, 1.807) is 7.11 Å². The van der Waals surface area contributed by atoms with Gasteiger partial charge < -0.3 is 19.7 Å². The minimum absolute atomic E-state index is 0.295. The number of hydrogen-bond donors (Lipinski definition) is 1. The van der Waals surface area contributed by atoms with Gasteiger partial charge in [-0.1, -0.05) is 0 Å². The second kappa shape index (κ2) is 8.61. The Morgan fingerprint density at radius 3 is 2.46 bits per heavy atom. The van der Waals surface area contributed by atoms with Crippen molar-refractivity contribution in [1.82, 2.24) is 15.1 Å². The summed E-state index contributed by atoms with van der Waals surface area (Å²) in [6, 6.07) is 0. The third-order valence-electron chi connectivity index (χ3n) is 5.96. The fourth-order valence-electron chi connectivity index (χ4n) is 4.40. The van der Waals surface area contributed by atoms with E-state index >= 15 is 0 Å². The zero-order chi connectivity index (χ0) is 16.8. The molecule has 0 saturated carbocycles. The van der Waals surface area contributed by atoms with Gasteiger partial charge in [0.1, 0.15) is 0 Å². The molecule has 24 heavy (non-hydrogen) atoms. The van der Waals surface area contributed by atoms with Crippen molar-refractivity contribution < 1.29 is 14.3 Å². The van der Waals surface area contributed by atoms with Gasteiger partial charge in [-0.3, -0.25) is 9.69 Å². The van der Waals surface area contributed by atoms with Gasteiger partial charge >= 0.3 is 0 Å². The topological polar surface area (TPSA) is 54.0 Å². The molecule has 3 saturated heterocycles. The van der Waals surface area contributed by atoms with Crippen LogP contribution in [-0.4, -0.2) is 88.5 Å². The molecule has 0 radical (unpaired) electrons. The summed E-state index contributed by atoms with van der Waals surface area (Å²) in [7, 11) is 1.71. The van der Waals surface area contributed by atoms with Gasteiger partial charge in [0.05, 0.1) is 25.2 Å². The van der Waals surface area contributed by atoms with Crippen molar-refractivity contribution in [3.63, 3.8) is 0 Å². The highest BCUT2D eigenvalue weighted by Gasteiger charge is 2.42. The average Bonchev–Trinajstić information content (AvgIpc) is 2.64. The molecular weight excluding hydrogens is 306 g/mol. The van der Waals surface area contributed by atoms with Gasteiger partial charge in [-0.15, -0.1) is 0 Å². The summed E-state index contributed by atoms with van der Waals surface area (Å²) in [5.74, 6) is 1.05. The number of ether oxygens (including phenoxy) is 2. The van der Waals surface area contributed by atoms with Crippen molar-refractivity contribution in [3.05, 3.63) is 0 Å². The molecule has 0 aromatic heterocycles. The quantitative estimate of drug-likeness (QED) is 0.794. The Kier molecular flexibility index (Phi) is 6.49. The molecular formula is C18H33N3O3. The molecule has 1 amide bonds. The van der Waals surface area contributed by atoms with E-state index in [-0.39, 0.29) is 5.41 Å². The third-order valence-corrected chi connectivity index (χ3v) is 5.96. The Balaban J connectivity index is 1.50. The number of carbonyl (C=O) groups is 1. The molecule has 138 valence electrons. The van der Waals surface area contributed by atoms with Crippen LogP contribution < -0.4 is 5.32 Å². The van der Waals surface area contributed by atoms with E-state index in [1.165, 1.54) is 6.54 Å². The van der Waals surface area contributed by atoms with Gasteiger partial charge in [-0.25, -0.2) is 0 Å². The van der Waals surface area contributed by atoms with E-state index < -0.39 is 0 Å². The van der Waals surface area contributed by atoms with Gasteiger partial charge in [-0.2, -0.15) is 0 Å². The largest absolute Gasteiger partial charge is 0.384 e. The third kappa shape index (κ3) is 4.28. The summed E-state index contributed by atoms with van der Waals surface area (Å²) in [6.45, 7) is 9.23. The maximum Gasteiger partial charge on any atom is 0.231 e. The Bertz CT molecular complexity index is 393. The lowest BCUT2D eigenvalue weighted by atomic mass is 9.77. The van der Waals surface area contributed by atoms with E-state index in [0.29, 0.717) is 12.5 Å². The van der Waals surface area contributed by atoms with Gasteiger partial charge in [0.15, 0.2) is 0 Å². The highest BCUT2D eigenvalue weighted by molar-refractivity contribution is 5.83. The Morgan fingerprint density at radius 1 is 1.17 bits per heavy atom. The lowest BCUT2D eigenvalue weighted by Crippen LogP contribution is -2.53. The van der Waals surface area contributed by atoms with Crippen LogP contribution in [0.2, 0.25) is 0 Å². The second-order valence-electron chi connectivity index (χ2n) is 7.61. The highest BCUT2D eigenvalue weighted by Crippen LogP contribution is 2.33. The van der Waals surface area contributed by atoms with E-state index in [9.17, 15) is 4.79 Å². The predicted octanol–water partition coefficient (Wildman–Crippen LogP) is 0.573. The summed E-state index contributed by atoms with van der Waals surface area (Å²) < 4.78 is 10.9. The first kappa shape index (κ1) is 18.1. The number of nitrogens with one attached hydrogen (secondary N) is 1. The number of piperidine rings is 2. The van der Waals surface area contributed by atoms with Crippen molar-refractivity contribution in [2.24, 2.45) is 11.3 Å². The van der Waals surface area contributed by atoms with Crippen molar-refractivity contribution in [2.75, 3.05) is 72.7 Å². The Labute approximate surface area is 145 Å². The maximum absolute atomic E-state index is 13.2. The minimum Gasteiger partial charge on any atom is -0.384 e. The van der Waals surface area contributed by atoms with Crippen LogP contribution in [0, 0.1) is 11.3 Å². The fourth-order valence-corrected chi connectivity index (χ4v) is 4.40. The lowest BCUT2D eigenvalue weighted by molar-refractivity contribution is -0.149. The fraction of sp³-hybridized carbons (Fsp3) is 0.944. The second-order valence-corrected chi connectivity index (χ2v) is 7.61. The monoisotopic (exact) mass is 339 g/mol. The number of amides is 1. The van der Waals surface area contributed by atoms with Gasteiger partial charge in [0.25, 0.3) is 0 Å². The van der Waals surface area contributed by atoms with Crippen LogP contribution in [0.15, 0.2) is 0 Å². The number of hydrogen-bond acceptors (Lipinski definition) is 5. The van der Waals surface area contributed by atoms with E-state index in [4.69, 9.17) is 9.47 Å². The number of likely N-dealkylation sites (tertiary alicyclic amines) is 1. The highest BCUT2D eigenvalue weighted by atomic mass is 16.5. The lowest BCUT2D eigenvalue weighted by Gasteiger charge is -2.42. The molecule has 3 aliphatic heterocycles. The maximum atomic E-state index is 13.2. The standard InChI is InChI=1S/C18H33N3O3/c1-23-15-18(4-6-19-7-5-18)17(22)21-8-2-16(3-9-21)14-20-10-12-24-13-11-20/h16,19H,2-15H2,1H3. The summed E-state index contributed by atoms with van der Waals surface area (Å²) in [4.78, 5) is 17.8. The molecule has 3 rings (SSSR count). The zero-order valence-corrected chi connectivity index (χ0v) is 15.1. The van der Waals surface area contributed by atoms with Crippen LogP contribution in [-0.2, 0) is 14.3 Å². The van der Waals surface area contributed by atoms with Crippen LogP contribution in [0.4, 0.5) is 0 Å². The molecule has 6 heteroatoms. The molecule has 3 aliphatic rings. The first-order chi connectivity index (χ1) is 11.7. The number of morpholine rings is 1. The van der Waals surface area contributed by atoms with Crippen molar-refractivity contribution >= 4 is 5.91 Å². The molecule has 0 aliphatic carbocycles. The molecule has 1 N–H and O–H groups in total. The zero-order valence-electron chi connectivity index (χ0n) is 15.1. The molecule has 0 bridgehead atoms. The molecule has 6 nitrogen and oxygen atoms in total. The summed E-state index contributed by atoms with van der Waals surface area (Å²) in [5.41, 5.74) is -0.295. The molecule has 0 aromatic carbocycles. The summed E-state index contributed by atoms with van der Waals surface area (Å²) in [5, 5.41) is 3.37. The molecule has 3 fully saturated rings. The van der Waals surface area contributed by atoms with E-state index in [2.05, 4.69) is 15.1 Å². The van der Waals surface area contributed by atoms with Crippen LogP contribution in [0.5, 0.6) is 0 Å². The number of methoxy groups -OCH3 is 1. The van der Waals surface area contributed by atoms with E-state index in [1.807, 2.05) is 0 Å². The number of rotatable bonds is 5. The Morgan fingerprint density at radius 2 is 1.83 bits per heavy atom. The molecule has 0 aromatic rings. The summed E-state index contributed by atoms with van der Waals surface area (Å²) in [6.07, 6.45) is 4.05. The van der Waals surface area contributed by atoms with E-state index in [0.717, 1.165) is 84.1 Å². The molecule has 0 atom stereocenters.